The molecule has 0 aromatic rings. The molecule has 1 heteroatoms. The first kappa shape index (κ1) is 6.27. The molecule has 0 saturated heterocycles. The number of nitrogens with zero attached hydrogens (tertiary/aromatic N) is 1. The van der Waals surface area contributed by atoms with Crippen molar-refractivity contribution in [3.8, 4) is 0 Å². The second-order valence-corrected chi connectivity index (χ2v) is 2.03. The van der Waals surface area contributed by atoms with Gasteiger partial charge in [-0.15, -0.1) is 0 Å². The van der Waals surface area contributed by atoms with E-state index in [9.17, 15) is 0 Å². The van der Waals surface area contributed by atoms with Crippen molar-refractivity contribution in [2.24, 2.45) is 4.99 Å². The Morgan fingerprint density at radius 1 is 1.22 bits per heavy atom. The van der Waals surface area contributed by atoms with Gasteiger partial charge in [-0.05, 0) is 25.0 Å². The highest BCUT2D eigenvalue weighted by Gasteiger charge is 1.88. The summed E-state index contributed by atoms with van der Waals surface area (Å²) in [5, 5.41) is 0. The van der Waals surface area contributed by atoms with Gasteiger partial charge in [-0.1, -0.05) is 12.2 Å². The van der Waals surface area contributed by atoms with Crippen LogP contribution >= 0.6 is 0 Å². The van der Waals surface area contributed by atoms with E-state index in [2.05, 4.69) is 29.3 Å². The summed E-state index contributed by atoms with van der Waals surface area (Å²) in [4.78, 5) is 4.05. The fourth-order valence-corrected chi connectivity index (χ4v) is 0.805. The molecule has 0 spiro atoms. The first-order valence-corrected chi connectivity index (χ1v) is 3.23. The minimum absolute atomic E-state index is 1.08. The van der Waals surface area contributed by atoms with Gasteiger partial charge in [0, 0.05) is 7.05 Å². The molecule has 0 saturated carbocycles. The molecule has 0 atom stereocenters. The van der Waals surface area contributed by atoms with E-state index >= 15 is 0 Å². The van der Waals surface area contributed by atoms with Crippen molar-refractivity contribution in [2.45, 2.75) is 12.8 Å². The second-order valence-electron chi connectivity index (χ2n) is 2.03. The van der Waals surface area contributed by atoms with Crippen molar-refractivity contribution in [1.29, 1.82) is 0 Å². The molecule has 0 unspecified atom stereocenters. The van der Waals surface area contributed by atoms with E-state index in [-0.39, 0.29) is 0 Å². The summed E-state index contributed by atoms with van der Waals surface area (Å²) in [7, 11) is 1.81. The zero-order chi connectivity index (χ0) is 6.53. The zero-order valence-corrected chi connectivity index (χ0v) is 5.67. The third-order valence-corrected chi connectivity index (χ3v) is 1.34. The summed E-state index contributed by atoms with van der Waals surface area (Å²) in [5.74, 6) is 0. The maximum absolute atomic E-state index is 4.05. The fraction of sp³-hybridized carbons (Fsp3) is 0.375. The van der Waals surface area contributed by atoms with Crippen LogP contribution in [0.3, 0.4) is 0 Å². The van der Waals surface area contributed by atoms with Crippen molar-refractivity contribution in [3.63, 3.8) is 0 Å². The maximum atomic E-state index is 4.05. The van der Waals surface area contributed by atoms with Crippen LogP contribution in [0.15, 0.2) is 29.3 Å². The van der Waals surface area contributed by atoms with Crippen molar-refractivity contribution < 1.29 is 0 Å². The van der Waals surface area contributed by atoms with Gasteiger partial charge in [0.25, 0.3) is 0 Å². The lowest BCUT2D eigenvalue weighted by molar-refractivity contribution is 1.06. The minimum Gasteiger partial charge on any atom is -0.289 e. The lowest BCUT2D eigenvalue weighted by atomic mass is 10.3. The van der Waals surface area contributed by atoms with Gasteiger partial charge < -0.3 is 0 Å². The van der Waals surface area contributed by atoms with E-state index in [4.69, 9.17) is 0 Å². The molecular formula is C8H11N. The molecule has 48 valence electrons. The van der Waals surface area contributed by atoms with E-state index in [0.717, 1.165) is 18.6 Å². The summed E-state index contributed by atoms with van der Waals surface area (Å²) in [6.45, 7) is 0. The standard InChI is InChI=1S/C8H11N/c1-9-8-6-4-2-3-5-7-8/h4-7H,2-3H2,1H3. The van der Waals surface area contributed by atoms with Gasteiger partial charge in [-0.3, -0.25) is 4.99 Å². The van der Waals surface area contributed by atoms with Gasteiger partial charge in [0.1, 0.15) is 0 Å². The molecule has 0 fully saturated rings. The van der Waals surface area contributed by atoms with Crippen LogP contribution < -0.4 is 0 Å². The van der Waals surface area contributed by atoms with E-state index in [1.807, 2.05) is 7.05 Å². The van der Waals surface area contributed by atoms with E-state index < -0.39 is 0 Å². The zero-order valence-electron chi connectivity index (χ0n) is 5.67. The number of allylic oxidation sites excluding steroid dienone is 4. The van der Waals surface area contributed by atoms with Crippen LogP contribution in [0.5, 0.6) is 0 Å². The number of hydrogen-bond donors (Lipinski definition) is 0. The highest BCUT2D eigenvalue weighted by Crippen LogP contribution is 1.99. The van der Waals surface area contributed by atoms with E-state index in [0.29, 0.717) is 0 Å². The Labute approximate surface area is 55.8 Å². The Morgan fingerprint density at radius 2 is 1.78 bits per heavy atom. The number of hydrogen-bond acceptors (Lipinski definition) is 1. The minimum atomic E-state index is 1.08. The summed E-state index contributed by atoms with van der Waals surface area (Å²) in [6, 6.07) is 0. The molecular weight excluding hydrogens is 110 g/mol. The fourth-order valence-electron chi connectivity index (χ4n) is 0.805. The topological polar surface area (TPSA) is 12.4 Å². The normalized spacial score (nSPS) is 17.7. The van der Waals surface area contributed by atoms with Gasteiger partial charge in [-0.25, -0.2) is 0 Å². The van der Waals surface area contributed by atoms with Crippen LogP contribution in [0, 0.1) is 0 Å². The Bertz CT molecular complexity index is 147. The van der Waals surface area contributed by atoms with Crippen LogP contribution in [0.1, 0.15) is 12.8 Å². The average molecular weight is 121 g/mol. The molecule has 1 rings (SSSR count). The SMILES string of the molecule is CN=C1C=CCCC=C1. The molecule has 0 aliphatic heterocycles. The van der Waals surface area contributed by atoms with Crippen molar-refractivity contribution >= 4 is 5.71 Å². The predicted octanol–water partition coefficient (Wildman–Crippen LogP) is 1.96. The smallest absolute Gasteiger partial charge is 0.0564 e. The van der Waals surface area contributed by atoms with Gasteiger partial charge in [-0.2, -0.15) is 0 Å². The largest absolute Gasteiger partial charge is 0.289 e. The van der Waals surface area contributed by atoms with Gasteiger partial charge >= 0.3 is 0 Å². The first-order valence-electron chi connectivity index (χ1n) is 3.23. The highest BCUT2D eigenvalue weighted by atomic mass is 14.7. The molecule has 0 heterocycles. The van der Waals surface area contributed by atoms with Crippen molar-refractivity contribution in [3.05, 3.63) is 24.3 Å². The molecule has 1 nitrogen and oxygen atoms in total. The van der Waals surface area contributed by atoms with E-state index in [1.54, 1.807) is 0 Å². The summed E-state index contributed by atoms with van der Waals surface area (Å²) in [5.41, 5.74) is 1.08. The van der Waals surface area contributed by atoms with Gasteiger partial charge in [0.05, 0.1) is 5.71 Å². The van der Waals surface area contributed by atoms with Crippen molar-refractivity contribution in [2.75, 3.05) is 7.05 Å². The molecule has 9 heavy (non-hydrogen) atoms. The molecule has 1 aliphatic rings. The molecule has 0 bridgehead atoms. The summed E-state index contributed by atoms with van der Waals surface area (Å²) < 4.78 is 0. The summed E-state index contributed by atoms with van der Waals surface area (Å²) in [6.07, 6.45) is 10.7. The Morgan fingerprint density at radius 3 is 2.22 bits per heavy atom. The average Bonchev–Trinajstić information content (AvgIpc) is 2.13. The number of rotatable bonds is 0. The van der Waals surface area contributed by atoms with Crippen molar-refractivity contribution in [1.82, 2.24) is 0 Å². The van der Waals surface area contributed by atoms with Crippen LogP contribution in [0.25, 0.3) is 0 Å². The second kappa shape index (κ2) is 3.23. The molecule has 0 radical (unpaired) electrons. The predicted molar refractivity (Wildman–Crippen MR) is 40.9 cm³/mol. The number of aliphatic imine (C=N–C) groups is 1. The molecule has 0 N–H and O–H groups in total. The van der Waals surface area contributed by atoms with E-state index in [1.165, 1.54) is 0 Å². The molecule has 1 aliphatic carbocycles. The summed E-state index contributed by atoms with van der Waals surface area (Å²) >= 11 is 0. The van der Waals surface area contributed by atoms with Crippen LogP contribution in [-0.2, 0) is 0 Å². The molecule has 0 aromatic heterocycles. The van der Waals surface area contributed by atoms with Crippen LogP contribution in [0.2, 0.25) is 0 Å². The molecule has 0 amide bonds. The highest BCUT2D eigenvalue weighted by molar-refractivity contribution is 6.04. The lowest BCUT2D eigenvalue weighted by Gasteiger charge is -1.83. The van der Waals surface area contributed by atoms with Gasteiger partial charge in [0.2, 0.25) is 0 Å². The Hall–Kier alpha value is -0.850. The quantitative estimate of drug-likeness (QED) is 0.464. The van der Waals surface area contributed by atoms with Gasteiger partial charge in [0.15, 0.2) is 0 Å². The monoisotopic (exact) mass is 121 g/mol. The van der Waals surface area contributed by atoms with Crippen LogP contribution in [0.4, 0.5) is 0 Å². The first-order chi connectivity index (χ1) is 4.43. The maximum Gasteiger partial charge on any atom is 0.0564 e. The Kier molecular flexibility index (Phi) is 2.25. The molecule has 0 aromatic carbocycles. The Balaban J connectivity index is 2.70. The third-order valence-electron chi connectivity index (χ3n) is 1.34. The third kappa shape index (κ3) is 1.84. The van der Waals surface area contributed by atoms with Crippen LogP contribution in [-0.4, -0.2) is 12.8 Å². The lowest BCUT2D eigenvalue weighted by Crippen LogP contribution is -1.83.